The summed E-state index contributed by atoms with van der Waals surface area (Å²) >= 11 is 0. The van der Waals surface area contributed by atoms with Crippen LogP contribution >= 0.6 is 0 Å². The van der Waals surface area contributed by atoms with Gasteiger partial charge in [0.2, 0.25) is 0 Å². The van der Waals surface area contributed by atoms with Gasteiger partial charge in [-0.3, -0.25) is 0 Å². The molecule has 17 heavy (non-hydrogen) atoms. The van der Waals surface area contributed by atoms with Gasteiger partial charge in [0.1, 0.15) is 5.75 Å². The Bertz CT molecular complexity index is 574. The number of fused-ring (bicyclic) bond motifs is 1. The maximum Gasteiger partial charge on any atom is 0.573 e. The molecule has 1 aromatic carbocycles. The third kappa shape index (κ3) is 2.49. The standard InChI is InChI=1S/C10H6F3NO3/c11-10(12,13)17-6-1-2-7-5(3-6)4-8(14-7)9(15)16/h1-4,14H,(H,15,16)/p-1. The first-order valence-electron chi connectivity index (χ1n) is 4.45. The molecule has 7 heteroatoms. The zero-order chi connectivity index (χ0) is 12.6. The first-order valence-corrected chi connectivity index (χ1v) is 4.45. The minimum absolute atomic E-state index is 0.204. The Morgan fingerprint density at radius 3 is 2.59 bits per heavy atom. The summed E-state index contributed by atoms with van der Waals surface area (Å²) < 4.78 is 39.5. The number of aromatic nitrogens is 1. The fourth-order valence-electron chi connectivity index (χ4n) is 1.42. The van der Waals surface area contributed by atoms with E-state index in [9.17, 15) is 23.1 Å². The van der Waals surface area contributed by atoms with Crippen LogP contribution in [0.4, 0.5) is 13.2 Å². The largest absolute Gasteiger partial charge is 0.573 e. The Hall–Kier alpha value is -2.18. The van der Waals surface area contributed by atoms with E-state index in [1.165, 1.54) is 12.1 Å². The number of nitrogens with one attached hydrogen (secondary N) is 1. The number of carboxylic acids is 1. The van der Waals surface area contributed by atoms with E-state index < -0.39 is 18.1 Å². The zero-order valence-electron chi connectivity index (χ0n) is 8.17. The molecule has 0 saturated carbocycles. The lowest BCUT2D eigenvalue weighted by Crippen LogP contribution is -2.22. The second-order valence-corrected chi connectivity index (χ2v) is 3.27. The van der Waals surface area contributed by atoms with Crippen LogP contribution in [0.15, 0.2) is 24.3 Å². The second-order valence-electron chi connectivity index (χ2n) is 3.27. The van der Waals surface area contributed by atoms with E-state index >= 15 is 0 Å². The molecule has 0 amide bonds. The average Bonchev–Trinajstić information content (AvgIpc) is 2.57. The minimum atomic E-state index is -4.78. The van der Waals surface area contributed by atoms with E-state index in [1.54, 1.807) is 0 Å². The molecular formula is C10H5F3NO3-. The lowest BCUT2D eigenvalue weighted by molar-refractivity contribution is -0.274. The predicted molar refractivity (Wildman–Crippen MR) is 49.3 cm³/mol. The number of H-pyrrole nitrogens is 1. The summed E-state index contributed by atoms with van der Waals surface area (Å²) in [5.41, 5.74) is 0.183. The fourth-order valence-corrected chi connectivity index (χ4v) is 1.42. The SMILES string of the molecule is O=C([O-])c1cc2cc(OC(F)(F)F)ccc2[nH]1. The fraction of sp³-hybridized carbons (Fsp3) is 0.100. The van der Waals surface area contributed by atoms with Crippen molar-refractivity contribution in [1.82, 2.24) is 4.98 Å². The van der Waals surface area contributed by atoms with Gasteiger partial charge in [0.05, 0.1) is 11.7 Å². The smallest absolute Gasteiger partial charge is 0.543 e. The molecule has 0 aliphatic carbocycles. The third-order valence-corrected chi connectivity index (χ3v) is 2.05. The van der Waals surface area contributed by atoms with Gasteiger partial charge in [-0.25, -0.2) is 0 Å². The summed E-state index contributed by atoms with van der Waals surface area (Å²) in [5.74, 6) is -1.84. The molecule has 0 spiro atoms. The van der Waals surface area contributed by atoms with Crippen LogP contribution in [0.1, 0.15) is 10.5 Å². The third-order valence-electron chi connectivity index (χ3n) is 2.05. The number of carbonyl (C=O) groups is 1. The highest BCUT2D eigenvalue weighted by Crippen LogP contribution is 2.26. The number of ether oxygens (including phenoxy) is 1. The minimum Gasteiger partial charge on any atom is -0.543 e. The molecule has 0 radical (unpaired) electrons. The topological polar surface area (TPSA) is 65.2 Å². The average molecular weight is 244 g/mol. The molecule has 0 aliphatic rings. The summed E-state index contributed by atoms with van der Waals surface area (Å²) in [5, 5.41) is 10.8. The number of aromatic amines is 1. The van der Waals surface area contributed by atoms with Crippen LogP contribution in [0, 0.1) is 0 Å². The first-order chi connectivity index (χ1) is 7.85. The van der Waals surface area contributed by atoms with E-state index in [-0.39, 0.29) is 5.69 Å². The summed E-state index contributed by atoms with van der Waals surface area (Å²) in [6.45, 7) is 0. The van der Waals surface area contributed by atoms with Crippen molar-refractivity contribution in [3.63, 3.8) is 0 Å². The number of benzene rings is 1. The Morgan fingerprint density at radius 1 is 1.29 bits per heavy atom. The van der Waals surface area contributed by atoms with Gasteiger partial charge in [-0.05, 0) is 24.3 Å². The molecule has 0 unspecified atom stereocenters. The number of rotatable bonds is 2. The van der Waals surface area contributed by atoms with E-state index in [4.69, 9.17) is 0 Å². The highest BCUT2D eigenvalue weighted by Gasteiger charge is 2.31. The quantitative estimate of drug-likeness (QED) is 0.869. The Morgan fingerprint density at radius 2 is 2.00 bits per heavy atom. The van der Waals surface area contributed by atoms with Crippen LogP contribution in [-0.2, 0) is 0 Å². The van der Waals surface area contributed by atoms with Crippen molar-refractivity contribution in [2.75, 3.05) is 0 Å². The van der Waals surface area contributed by atoms with Gasteiger partial charge in [-0.1, -0.05) is 0 Å². The zero-order valence-corrected chi connectivity index (χ0v) is 8.17. The van der Waals surface area contributed by atoms with Gasteiger partial charge < -0.3 is 19.6 Å². The summed E-state index contributed by atoms with van der Waals surface area (Å²) in [4.78, 5) is 13.0. The number of alkyl halides is 3. The Balaban J connectivity index is 2.40. The number of aromatic carboxylic acids is 1. The molecule has 2 aromatic rings. The van der Waals surface area contributed by atoms with Crippen molar-refractivity contribution >= 4 is 16.9 Å². The Labute approximate surface area is 92.6 Å². The second kappa shape index (κ2) is 3.69. The molecule has 1 N–H and O–H groups in total. The molecule has 1 aromatic heterocycles. The number of carboxylic acid groups (broad SMARTS) is 1. The van der Waals surface area contributed by atoms with Gasteiger partial charge in [-0.15, -0.1) is 13.2 Å². The molecule has 0 fully saturated rings. The van der Waals surface area contributed by atoms with E-state index in [1.807, 2.05) is 0 Å². The summed E-state index contributed by atoms with van der Waals surface area (Å²) in [6.07, 6.45) is -4.78. The molecule has 0 bridgehead atoms. The van der Waals surface area contributed by atoms with E-state index in [0.717, 1.165) is 12.1 Å². The van der Waals surface area contributed by atoms with Crippen LogP contribution < -0.4 is 9.84 Å². The van der Waals surface area contributed by atoms with Gasteiger partial charge in [0, 0.05) is 10.9 Å². The molecule has 2 rings (SSSR count). The monoisotopic (exact) mass is 244 g/mol. The van der Waals surface area contributed by atoms with Gasteiger partial charge in [0.25, 0.3) is 0 Å². The molecule has 90 valence electrons. The maximum atomic E-state index is 11.9. The van der Waals surface area contributed by atoms with Crippen LogP contribution in [0.25, 0.3) is 10.9 Å². The number of hydrogen-bond acceptors (Lipinski definition) is 3. The lowest BCUT2D eigenvalue weighted by Gasteiger charge is -2.08. The van der Waals surface area contributed by atoms with E-state index in [0.29, 0.717) is 10.9 Å². The molecule has 4 nitrogen and oxygen atoms in total. The molecule has 0 aliphatic heterocycles. The van der Waals surface area contributed by atoms with Crippen LogP contribution in [-0.4, -0.2) is 17.3 Å². The first kappa shape index (κ1) is 11.3. The van der Waals surface area contributed by atoms with Crippen molar-refractivity contribution < 1.29 is 27.8 Å². The van der Waals surface area contributed by atoms with Crippen molar-refractivity contribution in [3.05, 3.63) is 30.0 Å². The van der Waals surface area contributed by atoms with Crippen molar-refractivity contribution in [2.24, 2.45) is 0 Å². The van der Waals surface area contributed by atoms with Crippen molar-refractivity contribution in [2.45, 2.75) is 6.36 Å². The Kier molecular flexibility index (Phi) is 2.45. The van der Waals surface area contributed by atoms with Gasteiger partial charge in [0.15, 0.2) is 0 Å². The van der Waals surface area contributed by atoms with Gasteiger partial charge >= 0.3 is 6.36 Å². The molecule has 0 atom stereocenters. The molecular weight excluding hydrogens is 239 g/mol. The van der Waals surface area contributed by atoms with Crippen molar-refractivity contribution in [1.29, 1.82) is 0 Å². The van der Waals surface area contributed by atoms with Crippen LogP contribution in [0.2, 0.25) is 0 Å². The normalized spacial score (nSPS) is 11.7. The maximum absolute atomic E-state index is 11.9. The highest BCUT2D eigenvalue weighted by molar-refractivity contribution is 5.93. The van der Waals surface area contributed by atoms with Gasteiger partial charge in [-0.2, -0.15) is 0 Å². The van der Waals surface area contributed by atoms with Crippen molar-refractivity contribution in [3.8, 4) is 5.75 Å². The molecule has 0 saturated heterocycles. The predicted octanol–water partition coefficient (Wildman–Crippen LogP) is 1.43. The highest BCUT2D eigenvalue weighted by atomic mass is 19.4. The van der Waals surface area contributed by atoms with E-state index in [2.05, 4.69) is 9.72 Å². The van der Waals surface area contributed by atoms with Crippen LogP contribution in [0.3, 0.4) is 0 Å². The lowest BCUT2D eigenvalue weighted by atomic mass is 10.2. The summed E-state index contributed by atoms with van der Waals surface area (Å²) in [7, 11) is 0. The van der Waals surface area contributed by atoms with Crippen LogP contribution in [0.5, 0.6) is 5.75 Å². The number of hydrogen-bond donors (Lipinski definition) is 1. The number of halogens is 3. The summed E-state index contributed by atoms with van der Waals surface area (Å²) in [6, 6.07) is 4.65. The molecule has 1 heterocycles. The number of carbonyl (C=O) groups excluding carboxylic acids is 1.